The van der Waals surface area contributed by atoms with E-state index in [1.165, 1.54) is 25.5 Å². The third kappa shape index (κ3) is 2.66. The van der Waals surface area contributed by atoms with Crippen LogP contribution in [-0.4, -0.2) is 27.9 Å². The molecule has 5 rings (SSSR count). The van der Waals surface area contributed by atoms with E-state index >= 15 is 0 Å². The monoisotopic (exact) mass is 414 g/mol. The molecule has 0 aromatic heterocycles. The van der Waals surface area contributed by atoms with Gasteiger partial charge in [0, 0.05) is 22.7 Å². The molecular weight excluding hydrogens is 389 g/mol. The Hall–Kier alpha value is -2.34. The van der Waals surface area contributed by atoms with Gasteiger partial charge in [0.15, 0.2) is 0 Å². The normalized spacial score (nSPS) is 30.8. The molecule has 6 heteroatoms. The molecule has 0 spiro atoms. The van der Waals surface area contributed by atoms with Gasteiger partial charge in [0.05, 0.1) is 11.6 Å². The van der Waals surface area contributed by atoms with Gasteiger partial charge in [0.1, 0.15) is 0 Å². The van der Waals surface area contributed by atoms with Crippen LogP contribution in [0.2, 0.25) is 0 Å². The molecule has 0 aliphatic carbocycles. The number of carbonyl (C=O) groups is 1. The number of halogens is 3. The summed E-state index contributed by atoms with van der Waals surface area (Å²) in [5.41, 5.74) is 0.352. The molecule has 3 fully saturated rings. The smallest absolute Gasteiger partial charge is 0.343 e. The molecule has 2 aromatic carbocycles. The second-order valence-corrected chi connectivity index (χ2v) is 9.34. The Kier molecular flexibility index (Phi) is 4.14. The van der Waals surface area contributed by atoms with E-state index in [9.17, 15) is 18.0 Å². The number of piperidine rings is 1. The van der Waals surface area contributed by atoms with E-state index in [0.717, 1.165) is 30.9 Å². The molecule has 3 aliphatic rings. The number of nitrogens with zero attached hydrogens (tertiary/aromatic N) is 1. The Morgan fingerprint density at radius 2 is 1.90 bits per heavy atom. The molecule has 2 aromatic rings. The summed E-state index contributed by atoms with van der Waals surface area (Å²) >= 11 is 0. The SMILES string of the molecule is Cc1c(C(=O)NC(c2ccccc2)C23CCC4CC(C)(C2)N43)cccc1C(F)(F)F. The van der Waals surface area contributed by atoms with E-state index in [2.05, 4.69) is 17.1 Å². The number of benzene rings is 2. The first-order valence-electron chi connectivity index (χ1n) is 10.5. The van der Waals surface area contributed by atoms with Gasteiger partial charge >= 0.3 is 6.18 Å². The summed E-state index contributed by atoms with van der Waals surface area (Å²) in [6, 6.07) is 13.9. The number of amides is 1. The maximum absolute atomic E-state index is 13.3. The maximum atomic E-state index is 13.3. The van der Waals surface area contributed by atoms with Crippen LogP contribution in [0.25, 0.3) is 0 Å². The Morgan fingerprint density at radius 3 is 2.57 bits per heavy atom. The van der Waals surface area contributed by atoms with E-state index in [-0.39, 0.29) is 28.2 Å². The number of hydrogen-bond donors (Lipinski definition) is 1. The van der Waals surface area contributed by atoms with Gasteiger partial charge in [0.25, 0.3) is 5.91 Å². The molecule has 3 aliphatic heterocycles. The number of hydrogen-bond acceptors (Lipinski definition) is 2. The van der Waals surface area contributed by atoms with Gasteiger partial charge in [-0.05, 0) is 62.8 Å². The van der Waals surface area contributed by atoms with Crippen LogP contribution < -0.4 is 5.32 Å². The molecule has 0 saturated carbocycles. The van der Waals surface area contributed by atoms with Gasteiger partial charge < -0.3 is 5.32 Å². The van der Waals surface area contributed by atoms with Crippen LogP contribution in [0.3, 0.4) is 0 Å². The first kappa shape index (κ1) is 19.6. The van der Waals surface area contributed by atoms with Crippen LogP contribution in [0.15, 0.2) is 48.5 Å². The second kappa shape index (κ2) is 6.33. The first-order chi connectivity index (χ1) is 14.2. The molecule has 30 heavy (non-hydrogen) atoms. The van der Waals surface area contributed by atoms with Crippen LogP contribution in [0, 0.1) is 6.92 Å². The van der Waals surface area contributed by atoms with E-state index in [0.29, 0.717) is 6.04 Å². The van der Waals surface area contributed by atoms with Gasteiger partial charge in [-0.25, -0.2) is 0 Å². The molecule has 3 heterocycles. The second-order valence-electron chi connectivity index (χ2n) is 9.34. The fraction of sp³-hybridized carbons (Fsp3) is 0.458. The Morgan fingerprint density at radius 1 is 1.17 bits per heavy atom. The minimum Gasteiger partial charge on any atom is -0.343 e. The first-order valence-corrected chi connectivity index (χ1v) is 10.5. The highest BCUT2D eigenvalue weighted by atomic mass is 19.4. The van der Waals surface area contributed by atoms with Crippen molar-refractivity contribution in [1.29, 1.82) is 0 Å². The fourth-order valence-electron chi connectivity index (χ4n) is 6.55. The largest absolute Gasteiger partial charge is 0.416 e. The minimum absolute atomic E-state index is 0.0292. The summed E-state index contributed by atoms with van der Waals surface area (Å²) in [4.78, 5) is 15.8. The summed E-state index contributed by atoms with van der Waals surface area (Å²) in [7, 11) is 0. The summed E-state index contributed by atoms with van der Waals surface area (Å²) in [6.45, 7) is 3.64. The van der Waals surface area contributed by atoms with Crippen LogP contribution in [0.5, 0.6) is 0 Å². The van der Waals surface area contributed by atoms with Crippen molar-refractivity contribution in [2.75, 3.05) is 0 Å². The van der Waals surface area contributed by atoms with Gasteiger partial charge in [0.2, 0.25) is 0 Å². The van der Waals surface area contributed by atoms with Crippen molar-refractivity contribution < 1.29 is 18.0 Å². The van der Waals surface area contributed by atoms with Gasteiger partial charge in [-0.1, -0.05) is 36.4 Å². The lowest BCUT2D eigenvalue weighted by Gasteiger charge is -2.73. The molecule has 158 valence electrons. The highest BCUT2D eigenvalue weighted by Crippen LogP contribution is 2.67. The number of rotatable bonds is 4. The summed E-state index contributed by atoms with van der Waals surface area (Å²) in [5.74, 6) is -0.445. The van der Waals surface area contributed by atoms with Crippen molar-refractivity contribution in [2.24, 2.45) is 0 Å². The van der Waals surface area contributed by atoms with Crippen LogP contribution in [-0.2, 0) is 6.18 Å². The summed E-state index contributed by atoms with van der Waals surface area (Å²) in [6.07, 6.45) is -0.190. The van der Waals surface area contributed by atoms with Crippen LogP contribution in [0.4, 0.5) is 13.2 Å². The van der Waals surface area contributed by atoms with Crippen molar-refractivity contribution in [3.8, 4) is 0 Å². The van der Waals surface area contributed by atoms with E-state index < -0.39 is 17.6 Å². The van der Waals surface area contributed by atoms with Crippen LogP contribution >= 0.6 is 0 Å². The Balaban J connectivity index is 1.50. The van der Waals surface area contributed by atoms with E-state index in [1.807, 2.05) is 30.3 Å². The quantitative estimate of drug-likeness (QED) is 0.741. The fourth-order valence-corrected chi connectivity index (χ4v) is 6.55. The third-order valence-electron chi connectivity index (χ3n) is 7.53. The number of carbonyl (C=O) groups excluding carboxylic acids is 1. The maximum Gasteiger partial charge on any atom is 0.416 e. The lowest BCUT2D eigenvalue weighted by Crippen LogP contribution is -2.81. The van der Waals surface area contributed by atoms with Crippen molar-refractivity contribution in [3.63, 3.8) is 0 Å². The third-order valence-corrected chi connectivity index (χ3v) is 7.53. The molecule has 0 bridgehead atoms. The molecule has 4 unspecified atom stereocenters. The molecular formula is C24H25F3N2O. The molecule has 3 saturated heterocycles. The zero-order valence-electron chi connectivity index (χ0n) is 17.1. The predicted octanol–water partition coefficient (Wildman–Crippen LogP) is 5.25. The Bertz CT molecular complexity index is 1010. The van der Waals surface area contributed by atoms with Gasteiger partial charge in [-0.2, -0.15) is 13.2 Å². The lowest BCUT2D eigenvalue weighted by molar-refractivity contribution is -0.219. The molecule has 4 atom stereocenters. The van der Waals surface area contributed by atoms with Crippen molar-refractivity contribution in [2.45, 2.75) is 68.9 Å². The van der Waals surface area contributed by atoms with Crippen molar-refractivity contribution >= 4 is 5.91 Å². The molecule has 0 radical (unpaired) electrons. The molecule has 1 N–H and O–H groups in total. The standard InChI is InChI=1S/C24H25F3N2O/c1-15-18(9-6-10-19(15)24(25,26)27)21(30)28-20(16-7-4-3-5-8-16)23-12-11-17-13-22(2,14-23)29(17)23/h3-10,17,20H,11-14H2,1-2H3,(H,28,30). The van der Waals surface area contributed by atoms with Crippen molar-refractivity contribution in [3.05, 3.63) is 70.8 Å². The zero-order valence-corrected chi connectivity index (χ0v) is 17.1. The highest BCUT2D eigenvalue weighted by Gasteiger charge is 2.73. The van der Waals surface area contributed by atoms with Crippen molar-refractivity contribution in [1.82, 2.24) is 10.2 Å². The number of alkyl halides is 3. The van der Waals surface area contributed by atoms with E-state index in [4.69, 9.17) is 0 Å². The lowest BCUT2D eigenvalue weighted by atomic mass is 9.59. The zero-order chi connectivity index (χ0) is 21.3. The summed E-state index contributed by atoms with van der Waals surface area (Å²) < 4.78 is 40.0. The minimum atomic E-state index is -4.48. The van der Waals surface area contributed by atoms with Gasteiger partial charge in [-0.15, -0.1) is 0 Å². The average molecular weight is 414 g/mol. The molecule has 3 nitrogen and oxygen atoms in total. The topological polar surface area (TPSA) is 32.3 Å². The average Bonchev–Trinajstić information content (AvgIpc) is 2.83. The number of nitrogens with one attached hydrogen (secondary N) is 1. The Labute approximate surface area is 174 Å². The summed E-state index contributed by atoms with van der Waals surface area (Å²) in [5, 5.41) is 3.14. The van der Waals surface area contributed by atoms with Crippen LogP contribution in [0.1, 0.15) is 65.7 Å². The molecule has 1 amide bonds. The van der Waals surface area contributed by atoms with Gasteiger partial charge in [-0.3, -0.25) is 9.69 Å². The predicted molar refractivity (Wildman–Crippen MR) is 108 cm³/mol. The highest BCUT2D eigenvalue weighted by molar-refractivity contribution is 5.96. The van der Waals surface area contributed by atoms with E-state index in [1.54, 1.807) is 0 Å².